The first-order valence-corrected chi connectivity index (χ1v) is 9.99. The van der Waals surface area contributed by atoms with E-state index in [-0.39, 0.29) is 0 Å². The average Bonchev–Trinajstić information content (AvgIpc) is 3.31. The van der Waals surface area contributed by atoms with Crippen molar-refractivity contribution in [2.45, 2.75) is 11.0 Å². The van der Waals surface area contributed by atoms with Gasteiger partial charge in [0.1, 0.15) is 0 Å². The minimum atomic E-state index is 0.480. The SMILES string of the molecule is Clc1ccc(-c2nnc(SCc3csc(Nc4ccccc4)n3)o2)cc1. The molecule has 0 amide bonds. The first-order chi connectivity index (χ1) is 12.8. The van der Waals surface area contributed by atoms with E-state index in [2.05, 4.69) is 20.5 Å². The van der Waals surface area contributed by atoms with E-state index in [4.69, 9.17) is 16.0 Å². The molecule has 0 aliphatic carbocycles. The van der Waals surface area contributed by atoms with Crippen molar-refractivity contribution in [3.05, 3.63) is 70.7 Å². The maximum atomic E-state index is 5.89. The van der Waals surface area contributed by atoms with Gasteiger partial charge in [-0.2, -0.15) is 0 Å². The molecule has 0 fully saturated rings. The molecule has 130 valence electrons. The van der Waals surface area contributed by atoms with Crippen molar-refractivity contribution in [1.29, 1.82) is 0 Å². The molecule has 4 aromatic rings. The number of anilines is 2. The molecule has 26 heavy (non-hydrogen) atoms. The molecular weight excluding hydrogens is 388 g/mol. The number of aromatic nitrogens is 3. The maximum Gasteiger partial charge on any atom is 0.277 e. The molecule has 0 saturated carbocycles. The fourth-order valence-electron chi connectivity index (χ4n) is 2.19. The van der Waals surface area contributed by atoms with Crippen LogP contribution in [-0.2, 0) is 5.75 Å². The zero-order valence-electron chi connectivity index (χ0n) is 13.4. The minimum Gasteiger partial charge on any atom is -0.411 e. The fraction of sp³-hybridized carbons (Fsp3) is 0.0556. The second-order valence-electron chi connectivity index (χ2n) is 5.30. The molecule has 0 saturated heterocycles. The molecule has 0 radical (unpaired) electrons. The largest absolute Gasteiger partial charge is 0.411 e. The molecule has 5 nitrogen and oxygen atoms in total. The van der Waals surface area contributed by atoms with Gasteiger partial charge in [0.15, 0.2) is 5.13 Å². The Morgan fingerprint density at radius 3 is 2.65 bits per heavy atom. The van der Waals surface area contributed by atoms with Gasteiger partial charge in [0.05, 0.1) is 5.69 Å². The van der Waals surface area contributed by atoms with Crippen LogP contribution in [0.25, 0.3) is 11.5 Å². The van der Waals surface area contributed by atoms with E-state index < -0.39 is 0 Å². The minimum absolute atomic E-state index is 0.480. The summed E-state index contributed by atoms with van der Waals surface area (Å²) in [5, 5.41) is 15.5. The van der Waals surface area contributed by atoms with Crippen LogP contribution in [0.1, 0.15) is 5.69 Å². The average molecular weight is 401 g/mol. The van der Waals surface area contributed by atoms with Gasteiger partial charge in [0.2, 0.25) is 5.89 Å². The summed E-state index contributed by atoms with van der Waals surface area (Å²) in [5.74, 6) is 1.14. The molecular formula is C18H13ClN4OS2. The van der Waals surface area contributed by atoms with Crippen molar-refractivity contribution in [2.75, 3.05) is 5.32 Å². The van der Waals surface area contributed by atoms with Crippen LogP contribution in [0.4, 0.5) is 10.8 Å². The highest BCUT2D eigenvalue weighted by Crippen LogP contribution is 2.28. The van der Waals surface area contributed by atoms with Crippen molar-refractivity contribution in [3.63, 3.8) is 0 Å². The highest BCUT2D eigenvalue weighted by atomic mass is 35.5. The Bertz CT molecular complexity index is 986. The number of thiazole rings is 1. The predicted octanol–water partition coefficient (Wildman–Crippen LogP) is 5.88. The molecule has 0 spiro atoms. The number of rotatable bonds is 6. The van der Waals surface area contributed by atoms with Gasteiger partial charge in [0.25, 0.3) is 5.22 Å². The van der Waals surface area contributed by atoms with E-state index in [9.17, 15) is 0 Å². The number of benzene rings is 2. The molecule has 8 heteroatoms. The predicted molar refractivity (Wildman–Crippen MR) is 106 cm³/mol. The first kappa shape index (κ1) is 17.1. The van der Waals surface area contributed by atoms with Crippen LogP contribution in [-0.4, -0.2) is 15.2 Å². The standard InChI is InChI=1S/C18H13ClN4OS2/c19-13-8-6-12(7-9-13)16-22-23-18(24-16)26-11-15-10-25-17(21-15)20-14-4-2-1-3-5-14/h1-10H,11H2,(H,20,21). The van der Waals surface area contributed by atoms with Crippen molar-refractivity contribution in [1.82, 2.24) is 15.2 Å². The summed E-state index contributed by atoms with van der Waals surface area (Å²) in [6.07, 6.45) is 0. The molecule has 1 N–H and O–H groups in total. The highest BCUT2D eigenvalue weighted by molar-refractivity contribution is 7.98. The van der Waals surface area contributed by atoms with E-state index in [0.717, 1.165) is 22.1 Å². The zero-order chi connectivity index (χ0) is 17.8. The van der Waals surface area contributed by atoms with Gasteiger partial charge < -0.3 is 9.73 Å². The lowest BCUT2D eigenvalue weighted by atomic mass is 10.2. The lowest BCUT2D eigenvalue weighted by Gasteiger charge is -2.00. The summed E-state index contributed by atoms with van der Waals surface area (Å²) >= 11 is 8.92. The molecule has 0 unspecified atom stereocenters. The molecule has 0 aliphatic rings. The van der Waals surface area contributed by atoms with E-state index >= 15 is 0 Å². The number of halogens is 1. The smallest absolute Gasteiger partial charge is 0.277 e. The van der Waals surface area contributed by atoms with Crippen molar-refractivity contribution < 1.29 is 4.42 Å². The Balaban J connectivity index is 1.37. The number of hydrogen-bond donors (Lipinski definition) is 1. The Hall–Kier alpha value is -2.35. The Morgan fingerprint density at radius 2 is 1.85 bits per heavy atom. The van der Waals surface area contributed by atoms with Crippen LogP contribution in [0.15, 0.2) is 69.6 Å². The topological polar surface area (TPSA) is 63.8 Å². The molecule has 0 aliphatic heterocycles. The van der Waals surface area contributed by atoms with Crippen molar-refractivity contribution in [3.8, 4) is 11.5 Å². The normalized spacial score (nSPS) is 10.8. The molecule has 4 rings (SSSR count). The lowest BCUT2D eigenvalue weighted by Crippen LogP contribution is -1.89. The van der Waals surface area contributed by atoms with Crippen LogP contribution >= 0.6 is 34.7 Å². The van der Waals surface area contributed by atoms with Crippen LogP contribution in [0.3, 0.4) is 0 Å². The summed E-state index contributed by atoms with van der Waals surface area (Å²) in [5.41, 5.74) is 2.83. The van der Waals surface area contributed by atoms with E-state index in [0.29, 0.717) is 21.9 Å². The van der Waals surface area contributed by atoms with Gasteiger partial charge >= 0.3 is 0 Å². The van der Waals surface area contributed by atoms with E-state index in [1.165, 1.54) is 11.8 Å². The Kier molecular flexibility index (Phi) is 5.19. The van der Waals surface area contributed by atoms with Crippen LogP contribution in [0, 0.1) is 0 Å². The number of thioether (sulfide) groups is 1. The van der Waals surface area contributed by atoms with Gasteiger partial charge in [-0.1, -0.05) is 41.6 Å². The Labute approximate surface area is 163 Å². The second kappa shape index (κ2) is 7.90. The van der Waals surface area contributed by atoms with Crippen LogP contribution in [0.5, 0.6) is 0 Å². The van der Waals surface area contributed by atoms with Gasteiger partial charge in [0, 0.05) is 27.4 Å². The third-order valence-corrected chi connectivity index (χ3v) is 5.33. The number of nitrogens with zero attached hydrogens (tertiary/aromatic N) is 3. The third-order valence-electron chi connectivity index (χ3n) is 3.42. The van der Waals surface area contributed by atoms with Gasteiger partial charge in [-0.25, -0.2) is 4.98 Å². The highest BCUT2D eigenvalue weighted by Gasteiger charge is 2.10. The fourth-order valence-corrected chi connectivity index (χ4v) is 3.81. The van der Waals surface area contributed by atoms with Crippen LogP contribution in [0.2, 0.25) is 5.02 Å². The van der Waals surface area contributed by atoms with E-state index in [1.54, 1.807) is 23.5 Å². The summed E-state index contributed by atoms with van der Waals surface area (Å²) in [7, 11) is 0. The van der Waals surface area contributed by atoms with Crippen LogP contribution < -0.4 is 5.32 Å². The summed E-state index contributed by atoms with van der Waals surface area (Å²) < 4.78 is 5.69. The van der Waals surface area contributed by atoms with E-state index in [1.807, 2.05) is 47.8 Å². The monoisotopic (exact) mass is 400 g/mol. The first-order valence-electron chi connectivity index (χ1n) is 7.75. The molecule has 2 aromatic heterocycles. The quantitative estimate of drug-likeness (QED) is 0.407. The lowest BCUT2D eigenvalue weighted by molar-refractivity contribution is 0.466. The summed E-state index contributed by atoms with van der Waals surface area (Å²) in [6, 6.07) is 17.3. The number of hydrogen-bond acceptors (Lipinski definition) is 7. The Morgan fingerprint density at radius 1 is 1.04 bits per heavy atom. The third kappa shape index (κ3) is 4.24. The van der Waals surface area contributed by atoms with Gasteiger partial charge in [-0.05, 0) is 36.4 Å². The molecule has 2 heterocycles. The van der Waals surface area contributed by atoms with Crippen molar-refractivity contribution in [2.24, 2.45) is 0 Å². The van der Waals surface area contributed by atoms with Gasteiger partial charge in [-0.15, -0.1) is 21.5 Å². The molecule has 0 atom stereocenters. The summed E-state index contributed by atoms with van der Waals surface area (Å²) in [6.45, 7) is 0. The number of nitrogens with one attached hydrogen (secondary N) is 1. The molecule has 0 bridgehead atoms. The maximum absolute atomic E-state index is 5.89. The summed E-state index contributed by atoms with van der Waals surface area (Å²) in [4.78, 5) is 4.58. The number of para-hydroxylation sites is 1. The zero-order valence-corrected chi connectivity index (χ0v) is 15.8. The second-order valence-corrected chi connectivity index (χ2v) is 7.52. The molecule has 2 aromatic carbocycles. The van der Waals surface area contributed by atoms with Crippen molar-refractivity contribution >= 4 is 45.5 Å². The van der Waals surface area contributed by atoms with Gasteiger partial charge in [-0.3, -0.25) is 0 Å².